The lowest BCUT2D eigenvalue weighted by molar-refractivity contribution is -0.122. The van der Waals surface area contributed by atoms with Crippen molar-refractivity contribution in [3.63, 3.8) is 0 Å². The van der Waals surface area contributed by atoms with Crippen molar-refractivity contribution in [2.75, 3.05) is 7.11 Å². The zero-order chi connectivity index (χ0) is 15.9. The number of amides is 1. The fraction of sp³-hybridized carbons (Fsp3) is 0.278. The summed E-state index contributed by atoms with van der Waals surface area (Å²) >= 11 is 0. The molecule has 0 saturated heterocycles. The van der Waals surface area contributed by atoms with Gasteiger partial charge in [0.15, 0.2) is 0 Å². The molecule has 5 heteroatoms. The van der Waals surface area contributed by atoms with Crippen molar-refractivity contribution in [1.29, 1.82) is 0 Å². The number of para-hydroxylation sites is 1. The van der Waals surface area contributed by atoms with E-state index in [-0.39, 0.29) is 36.8 Å². The first kappa shape index (κ1) is 19.0. The minimum atomic E-state index is -0.300. The van der Waals surface area contributed by atoms with Gasteiger partial charge in [0.2, 0.25) is 5.91 Å². The van der Waals surface area contributed by atoms with Crippen LogP contribution < -0.4 is 15.8 Å². The topological polar surface area (TPSA) is 64.3 Å². The fourth-order valence-corrected chi connectivity index (χ4v) is 2.42. The molecule has 0 aromatic heterocycles. The Morgan fingerprint density at radius 2 is 1.74 bits per heavy atom. The van der Waals surface area contributed by atoms with Gasteiger partial charge in [0, 0.05) is 18.0 Å². The second kappa shape index (κ2) is 9.18. The first-order chi connectivity index (χ1) is 10.6. The van der Waals surface area contributed by atoms with Gasteiger partial charge in [0.1, 0.15) is 5.75 Å². The molecule has 2 unspecified atom stereocenters. The quantitative estimate of drug-likeness (QED) is 0.851. The maximum atomic E-state index is 12.2. The van der Waals surface area contributed by atoms with Gasteiger partial charge in [-0.1, -0.05) is 48.5 Å². The largest absolute Gasteiger partial charge is 0.496 e. The SMILES string of the molecule is COc1ccccc1C(C)NC(=O)CC(N)c1ccccc1.Cl. The van der Waals surface area contributed by atoms with Crippen LogP contribution in [0.15, 0.2) is 54.6 Å². The molecule has 1 amide bonds. The van der Waals surface area contributed by atoms with E-state index < -0.39 is 0 Å². The highest BCUT2D eigenvalue weighted by Crippen LogP contribution is 2.24. The molecule has 3 N–H and O–H groups in total. The lowest BCUT2D eigenvalue weighted by atomic mass is 10.0. The smallest absolute Gasteiger partial charge is 0.222 e. The Kier molecular flexibility index (Phi) is 7.59. The third-order valence-corrected chi connectivity index (χ3v) is 3.62. The molecule has 2 rings (SSSR count). The van der Waals surface area contributed by atoms with E-state index in [0.717, 1.165) is 16.9 Å². The third-order valence-electron chi connectivity index (χ3n) is 3.62. The van der Waals surface area contributed by atoms with Gasteiger partial charge in [-0.05, 0) is 18.6 Å². The summed E-state index contributed by atoms with van der Waals surface area (Å²) in [4.78, 5) is 12.2. The molecule has 0 saturated carbocycles. The van der Waals surface area contributed by atoms with Crippen molar-refractivity contribution in [3.05, 3.63) is 65.7 Å². The fourth-order valence-electron chi connectivity index (χ4n) is 2.42. The van der Waals surface area contributed by atoms with Gasteiger partial charge in [0.25, 0.3) is 0 Å². The van der Waals surface area contributed by atoms with E-state index in [1.54, 1.807) is 7.11 Å². The second-order valence-electron chi connectivity index (χ2n) is 5.25. The number of nitrogens with two attached hydrogens (primary N) is 1. The summed E-state index contributed by atoms with van der Waals surface area (Å²) in [7, 11) is 1.62. The number of nitrogens with one attached hydrogen (secondary N) is 1. The number of benzene rings is 2. The molecular formula is C18H23ClN2O2. The van der Waals surface area contributed by atoms with Crippen LogP contribution in [0.5, 0.6) is 5.75 Å². The van der Waals surface area contributed by atoms with Crippen molar-refractivity contribution in [2.24, 2.45) is 5.73 Å². The summed E-state index contributed by atoms with van der Waals surface area (Å²) in [6.07, 6.45) is 0.253. The highest BCUT2D eigenvalue weighted by molar-refractivity contribution is 5.85. The van der Waals surface area contributed by atoms with E-state index in [9.17, 15) is 4.79 Å². The Morgan fingerprint density at radius 1 is 1.13 bits per heavy atom. The zero-order valence-corrected chi connectivity index (χ0v) is 14.2. The molecule has 2 aromatic rings. The van der Waals surface area contributed by atoms with Crippen molar-refractivity contribution in [1.82, 2.24) is 5.32 Å². The summed E-state index contributed by atoms with van der Waals surface area (Å²) in [6.45, 7) is 1.93. The maximum absolute atomic E-state index is 12.2. The highest BCUT2D eigenvalue weighted by atomic mass is 35.5. The van der Waals surface area contributed by atoms with Crippen molar-refractivity contribution in [2.45, 2.75) is 25.4 Å². The first-order valence-electron chi connectivity index (χ1n) is 7.34. The standard InChI is InChI=1S/C18H22N2O2.ClH/c1-13(15-10-6-7-11-17(15)22-2)20-18(21)12-16(19)14-8-4-3-5-9-14;/h3-11,13,16H,12,19H2,1-2H3,(H,20,21);1H. The number of methoxy groups -OCH3 is 1. The number of ether oxygens (including phenoxy) is 1. The number of halogens is 1. The number of carbonyl (C=O) groups excluding carboxylic acids is 1. The second-order valence-corrected chi connectivity index (χ2v) is 5.25. The van der Waals surface area contributed by atoms with Crippen LogP contribution >= 0.6 is 12.4 Å². The monoisotopic (exact) mass is 334 g/mol. The number of hydrogen-bond acceptors (Lipinski definition) is 3. The molecule has 0 fully saturated rings. The van der Waals surface area contributed by atoms with Crippen LogP contribution in [-0.2, 0) is 4.79 Å². The minimum Gasteiger partial charge on any atom is -0.496 e. The maximum Gasteiger partial charge on any atom is 0.222 e. The van der Waals surface area contributed by atoms with Crippen LogP contribution in [-0.4, -0.2) is 13.0 Å². The summed E-state index contributed by atoms with van der Waals surface area (Å²) in [5, 5.41) is 2.97. The molecule has 0 radical (unpaired) electrons. The number of hydrogen-bond donors (Lipinski definition) is 2. The average molecular weight is 335 g/mol. The van der Waals surface area contributed by atoms with E-state index in [2.05, 4.69) is 5.32 Å². The molecule has 0 bridgehead atoms. The lowest BCUT2D eigenvalue weighted by Gasteiger charge is -2.18. The molecule has 2 aromatic carbocycles. The van der Waals surface area contributed by atoms with Gasteiger partial charge in [-0.2, -0.15) is 0 Å². The van der Waals surface area contributed by atoms with E-state index in [0.29, 0.717) is 0 Å². The summed E-state index contributed by atoms with van der Waals surface area (Å²) in [5.74, 6) is 0.692. The van der Waals surface area contributed by atoms with Gasteiger partial charge in [-0.15, -0.1) is 12.4 Å². The average Bonchev–Trinajstić information content (AvgIpc) is 2.55. The molecule has 124 valence electrons. The molecule has 23 heavy (non-hydrogen) atoms. The molecular weight excluding hydrogens is 312 g/mol. The molecule has 4 nitrogen and oxygen atoms in total. The van der Waals surface area contributed by atoms with Gasteiger partial charge in [0.05, 0.1) is 13.2 Å². The van der Waals surface area contributed by atoms with Crippen LogP contribution in [0.4, 0.5) is 0 Å². The Hall–Kier alpha value is -2.04. The van der Waals surface area contributed by atoms with E-state index in [1.165, 1.54) is 0 Å². The molecule has 2 atom stereocenters. The lowest BCUT2D eigenvalue weighted by Crippen LogP contribution is -2.30. The van der Waals surface area contributed by atoms with E-state index in [4.69, 9.17) is 10.5 Å². The summed E-state index contributed by atoms with van der Waals surface area (Å²) in [5.41, 5.74) is 7.99. The molecule has 0 aliphatic heterocycles. The predicted molar refractivity (Wildman–Crippen MR) is 94.8 cm³/mol. The van der Waals surface area contributed by atoms with Crippen molar-refractivity contribution in [3.8, 4) is 5.75 Å². The van der Waals surface area contributed by atoms with Crippen LogP contribution in [0, 0.1) is 0 Å². The Bertz CT molecular complexity index is 619. The Labute approximate surface area is 143 Å². The molecule has 0 spiro atoms. The normalized spacial score (nSPS) is 12.7. The van der Waals surface area contributed by atoms with Crippen molar-refractivity contribution < 1.29 is 9.53 Å². The predicted octanol–water partition coefficient (Wildman–Crippen LogP) is 3.38. The molecule has 0 heterocycles. The van der Waals surface area contributed by atoms with Crippen LogP contribution in [0.3, 0.4) is 0 Å². The van der Waals surface area contributed by atoms with Crippen LogP contribution in [0.2, 0.25) is 0 Å². The first-order valence-corrected chi connectivity index (χ1v) is 7.34. The zero-order valence-electron chi connectivity index (χ0n) is 13.4. The van der Waals surface area contributed by atoms with E-state index in [1.807, 2.05) is 61.5 Å². The van der Waals surface area contributed by atoms with Gasteiger partial charge in [-0.25, -0.2) is 0 Å². The number of rotatable bonds is 6. The van der Waals surface area contributed by atoms with Gasteiger partial charge >= 0.3 is 0 Å². The molecule has 0 aliphatic rings. The number of carbonyl (C=O) groups is 1. The Morgan fingerprint density at radius 3 is 2.39 bits per heavy atom. The van der Waals surface area contributed by atoms with Gasteiger partial charge in [-0.3, -0.25) is 4.79 Å². The third kappa shape index (κ3) is 5.27. The highest BCUT2D eigenvalue weighted by Gasteiger charge is 2.16. The summed E-state index contributed by atoms with van der Waals surface area (Å²) < 4.78 is 5.32. The summed E-state index contributed by atoms with van der Waals surface area (Å²) in [6, 6.07) is 16.9. The van der Waals surface area contributed by atoms with Gasteiger partial charge < -0.3 is 15.8 Å². The van der Waals surface area contributed by atoms with Crippen LogP contribution in [0.25, 0.3) is 0 Å². The Balaban J connectivity index is 0.00000264. The van der Waals surface area contributed by atoms with Crippen LogP contribution in [0.1, 0.15) is 36.6 Å². The molecule has 0 aliphatic carbocycles. The van der Waals surface area contributed by atoms with E-state index >= 15 is 0 Å². The van der Waals surface area contributed by atoms with Crippen molar-refractivity contribution >= 4 is 18.3 Å². The minimum absolute atomic E-state index is 0.